The summed E-state index contributed by atoms with van der Waals surface area (Å²) in [5.74, 6) is 0. The van der Waals surface area contributed by atoms with Gasteiger partial charge in [0.05, 0.1) is 0 Å². The number of hydrogen-bond acceptors (Lipinski definition) is 5. The second kappa shape index (κ2) is 6.43. The molecule has 0 rings (SSSR count). The van der Waals surface area contributed by atoms with Crippen molar-refractivity contribution < 1.29 is 32.5 Å². The van der Waals surface area contributed by atoms with Gasteiger partial charge in [0.25, 0.3) is 0 Å². The van der Waals surface area contributed by atoms with Gasteiger partial charge in [-0.2, -0.15) is 0 Å². The molecule has 0 aromatic heterocycles. The second-order valence-corrected chi connectivity index (χ2v) is 7.20. The molecule has 0 aromatic carbocycles. The standard InChI is InChI=1S/C4H6NO.3CH3O.Ti/c1-2-3-5-4-6;3*1-2;/h3H,2H2,1H3;3*1H3;/q;3*-1;+3. The van der Waals surface area contributed by atoms with Gasteiger partial charge in [-0.1, -0.05) is 0 Å². The first-order valence-electron chi connectivity index (χ1n) is 3.93. The van der Waals surface area contributed by atoms with Crippen molar-refractivity contribution in [2.75, 3.05) is 21.3 Å². The van der Waals surface area contributed by atoms with E-state index in [2.05, 4.69) is 4.99 Å². The Morgan fingerprint density at radius 1 is 1.31 bits per heavy atom. The van der Waals surface area contributed by atoms with Crippen molar-refractivity contribution in [2.45, 2.75) is 17.7 Å². The van der Waals surface area contributed by atoms with Crippen molar-refractivity contribution in [3.05, 3.63) is 0 Å². The number of nitrogens with zero attached hydrogens (tertiary/aromatic N) is 1. The first kappa shape index (κ1) is 13.0. The zero-order valence-corrected chi connectivity index (χ0v) is 9.93. The Bertz CT molecular complexity index is 181. The van der Waals surface area contributed by atoms with Crippen LogP contribution in [-0.4, -0.2) is 31.8 Å². The van der Waals surface area contributed by atoms with Crippen molar-refractivity contribution in [3.63, 3.8) is 0 Å². The predicted octanol–water partition coefficient (Wildman–Crippen LogP) is 0.896. The Kier molecular flexibility index (Phi) is 6.42. The van der Waals surface area contributed by atoms with Gasteiger partial charge in [-0.3, -0.25) is 0 Å². The first-order valence-corrected chi connectivity index (χ1v) is 6.74. The van der Waals surface area contributed by atoms with Crippen LogP contribution in [0.25, 0.3) is 0 Å². The fourth-order valence-corrected chi connectivity index (χ4v) is 4.31. The van der Waals surface area contributed by atoms with Crippen LogP contribution in [0.15, 0.2) is 4.99 Å². The molecule has 0 spiro atoms. The van der Waals surface area contributed by atoms with Crippen LogP contribution in [0.5, 0.6) is 0 Å². The summed E-state index contributed by atoms with van der Waals surface area (Å²) < 4.78 is 15.3. The molecule has 0 amide bonds. The molecule has 0 aliphatic heterocycles. The normalized spacial score (nSPS) is 13.5. The minimum atomic E-state index is -3.33. The Balaban J connectivity index is 4.75. The third-order valence-electron chi connectivity index (χ3n) is 1.86. The minimum absolute atomic E-state index is 0.322. The average Bonchev–Trinajstić information content (AvgIpc) is 2.19. The van der Waals surface area contributed by atoms with Crippen LogP contribution in [0.1, 0.15) is 13.3 Å². The van der Waals surface area contributed by atoms with Gasteiger partial charge in [0, 0.05) is 0 Å². The predicted molar refractivity (Wildman–Crippen MR) is 43.2 cm³/mol. The summed E-state index contributed by atoms with van der Waals surface area (Å²) in [6, 6.07) is 0. The van der Waals surface area contributed by atoms with Gasteiger partial charge in [0.15, 0.2) is 0 Å². The van der Waals surface area contributed by atoms with Crippen LogP contribution in [0.4, 0.5) is 0 Å². The molecule has 0 aliphatic carbocycles. The molecular weight excluding hydrogens is 210 g/mol. The summed E-state index contributed by atoms with van der Waals surface area (Å²) in [6.07, 6.45) is 2.15. The number of aliphatic imine (C=N–C) groups is 1. The van der Waals surface area contributed by atoms with Gasteiger partial charge in [0.1, 0.15) is 0 Å². The van der Waals surface area contributed by atoms with Gasteiger partial charge < -0.3 is 0 Å². The van der Waals surface area contributed by atoms with Crippen molar-refractivity contribution in [3.8, 4) is 0 Å². The fourth-order valence-electron chi connectivity index (χ4n) is 1.14. The molecule has 0 saturated carbocycles. The van der Waals surface area contributed by atoms with Gasteiger partial charge in [-0.25, -0.2) is 0 Å². The quantitative estimate of drug-likeness (QED) is 0.382. The van der Waals surface area contributed by atoms with Crippen LogP contribution in [0.3, 0.4) is 0 Å². The molecule has 0 fully saturated rings. The SMILES string of the molecule is CC[CH](N=C=O)[Ti]([O]C)([O]C)[O]C. The molecule has 1 atom stereocenters. The zero-order chi connectivity index (χ0) is 10.3. The number of isocyanates is 1. The van der Waals surface area contributed by atoms with E-state index in [1.54, 1.807) is 0 Å². The maximum atomic E-state index is 10.1. The summed E-state index contributed by atoms with van der Waals surface area (Å²) in [5, 5.41) is 0. The van der Waals surface area contributed by atoms with E-state index in [1.807, 2.05) is 6.92 Å². The molecule has 1 unspecified atom stereocenters. The van der Waals surface area contributed by atoms with E-state index in [-0.39, 0.29) is 4.35 Å². The summed E-state index contributed by atoms with van der Waals surface area (Å²) in [5.41, 5.74) is 0. The van der Waals surface area contributed by atoms with E-state index >= 15 is 0 Å². The van der Waals surface area contributed by atoms with E-state index in [0.717, 1.165) is 0 Å². The molecular formula is C7H15NO4Ti. The molecule has 0 heterocycles. The van der Waals surface area contributed by atoms with Crippen molar-refractivity contribution in [1.29, 1.82) is 0 Å². The van der Waals surface area contributed by atoms with Gasteiger partial charge in [-0.05, 0) is 0 Å². The summed E-state index contributed by atoms with van der Waals surface area (Å²) in [6.45, 7) is 1.89. The molecule has 0 saturated heterocycles. The first-order chi connectivity index (χ1) is 6.20. The molecule has 0 radical (unpaired) electrons. The van der Waals surface area contributed by atoms with Crippen LogP contribution in [-0.2, 0) is 32.5 Å². The van der Waals surface area contributed by atoms with E-state index in [0.29, 0.717) is 6.42 Å². The Hall–Kier alpha value is -0.0257. The van der Waals surface area contributed by atoms with E-state index in [1.165, 1.54) is 27.4 Å². The maximum absolute atomic E-state index is 10.1. The van der Waals surface area contributed by atoms with Gasteiger partial charge in [-0.15, -0.1) is 0 Å². The van der Waals surface area contributed by atoms with Crippen LogP contribution < -0.4 is 0 Å². The third kappa shape index (κ3) is 2.99. The summed E-state index contributed by atoms with van der Waals surface area (Å²) in [4.78, 5) is 13.8. The molecule has 76 valence electrons. The number of hydrogen-bond donors (Lipinski definition) is 0. The topological polar surface area (TPSA) is 57.1 Å². The zero-order valence-electron chi connectivity index (χ0n) is 8.36. The monoisotopic (exact) mass is 225 g/mol. The molecule has 0 bridgehead atoms. The van der Waals surface area contributed by atoms with Crippen LogP contribution in [0.2, 0.25) is 0 Å². The van der Waals surface area contributed by atoms with E-state index in [9.17, 15) is 4.79 Å². The molecule has 0 aliphatic rings. The Morgan fingerprint density at radius 2 is 1.77 bits per heavy atom. The fraction of sp³-hybridized carbons (Fsp3) is 0.857. The second-order valence-electron chi connectivity index (χ2n) is 2.36. The average molecular weight is 225 g/mol. The number of rotatable bonds is 6. The van der Waals surface area contributed by atoms with Crippen LogP contribution in [0, 0.1) is 0 Å². The third-order valence-corrected chi connectivity index (χ3v) is 6.64. The number of carbonyl (C=O) groups excluding carboxylic acids is 1. The van der Waals surface area contributed by atoms with Crippen molar-refractivity contribution >= 4 is 6.08 Å². The molecule has 6 heteroatoms. The summed E-state index contributed by atoms with van der Waals surface area (Å²) in [7, 11) is 4.53. The molecule has 0 N–H and O–H groups in total. The van der Waals surface area contributed by atoms with Gasteiger partial charge in [0.2, 0.25) is 0 Å². The molecule has 13 heavy (non-hydrogen) atoms. The van der Waals surface area contributed by atoms with Crippen molar-refractivity contribution in [1.82, 2.24) is 0 Å². The van der Waals surface area contributed by atoms with Crippen molar-refractivity contribution in [2.24, 2.45) is 4.99 Å². The molecule has 5 nitrogen and oxygen atoms in total. The molecule has 0 aromatic rings. The Labute approximate surface area is 82.9 Å². The summed E-state index contributed by atoms with van der Waals surface area (Å²) >= 11 is -3.33. The van der Waals surface area contributed by atoms with E-state index in [4.69, 9.17) is 9.96 Å². The van der Waals surface area contributed by atoms with Crippen LogP contribution >= 0.6 is 0 Å². The van der Waals surface area contributed by atoms with E-state index < -0.39 is 17.8 Å². The van der Waals surface area contributed by atoms with Gasteiger partial charge >= 0.3 is 82.6 Å². The Morgan fingerprint density at radius 3 is 2.00 bits per heavy atom.